The van der Waals surface area contributed by atoms with Gasteiger partial charge in [0.25, 0.3) is 0 Å². The van der Waals surface area contributed by atoms with Crippen LogP contribution in [0.15, 0.2) is 83.3 Å². The van der Waals surface area contributed by atoms with Crippen molar-refractivity contribution in [1.29, 1.82) is 0 Å². The van der Waals surface area contributed by atoms with Gasteiger partial charge in [0, 0.05) is 32.5 Å². The van der Waals surface area contributed by atoms with E-state index in [1.54, 1.807) is 0 Å². The Morgan fingerprint density at radius 3 is 2.03 bits per heavy atom. The summed E-state index contributed by atoms with van der Waals surface area (Å²) >= 11 is 0. The smallest absolute Gasteiger partial charge is 0.160 e. The Balaban J connectivity index is 1.81. The molecule has 0 unspecified atom stereocenters. The topological polar surface area (TPSA) is 28.9 Å². The molecule has 1 N–H and O–H groups in total. The molecular weight excluding hydrogens is 390 g/mol. The zero-order valence-electron chi connectivity index (χ0n) is 18.4. The highest BCUT2D eigenvalue weighted by molar-refractivity contribution is 6.35. The average Bonchev–Trinajstić information content (AvgIpc) is 3.38. The zero-order valence-corrected chi connectivity index (χ0v) is 18.4. The minimum atomic E-state index is -0.00104. The lowest BCUT2D eigenvalue weighted by Crippen LogP contribution is -2.10. The molecule has 0 atom stereocenters. The summed E-state index contributed by atoms with van der Waals surface area (Å²) in [6.45, 7) is 6.74. The predicted molar refractivity (Wildman–Crippen MR) is 137 cm³/mol. The van der Waals surface area contributed by atoms with Gasteiger partial charge in [-0.2, -0.15) is 0 Å². The molecule has 0 aliphatic rings. The van der Waals surface area contributed by atoms with E-state index in [9.17, 15) is 0 Å². The van der Waals surface area contributed by atoms with E-state index in [1.807, 2.05) is 0 Å². The van der Waals surface area contributed by atoms with E-state index >= 15 is 0 Å². The molecule has 0 radical (unpaired) electrons. The maximum absolute atomic E-state index is 6.74. The fourth-order valence-corrected chi connectivity index (χ4v) is 5.46. The summed E-state index contributed by atoms with van der Waals surface area (Å²) in [5.74, 6) is 0. The minimum Gasteiger partial charge on any atom is -0.454 e. The summed E-state index contributed by atoms with van der Waals surface area (Å²) < 4.78 is 6.74. The Morgan fingerprint density at radius 1 is 0.562 bits per heavy atom. The van der Waals surface area contributed by atoms with Crippen LogP contribution in [0.1, 0.15) is 26.3 Å². The van der Waals surface area contributed by atoms with Crippen molar-refractivity contribution < 1.29 is 4.42 Å². The Hall–Kier alpha value is -3.78. The van der Waals surface area contributed by atoms with E-state index in [4.69, 9.17) is 4.42 Å². The van der Waals surface area contributed by atoms with E-state index in [0.29, 0.717) is 0 Å². The van der Waals surface area contributed by atoms with Crippen LogP contribution in [0.3, 0.4) is 0 Å². The Bertz CT molecular complexity index is 1860. The van der Waals surface area contributed by atoms with Crippen LogP contribution in [0, 0.1) is 0 Å². The van der Waals surface area contributed by atoms with Crippen LogP contribution in [0.4, 0.5) is 0 Å². The lowest BCUT2D eigenvalue weighted by atomic mass is 9.86. The molecular formula is C30H23NO. The van der Waals surface area contributed by atoms with Crippen molar-refractivity contribution in [3.63, 3.8) is 0 Å². The summed E-state index contributed by atoms with van der Waals surface area (Å²) in [7, 11) is 0. The van der Waals surface area contributed by atoms with Crippen molar-refractivity contribution in [1.82, 2.24) is 4.98 Å². The Morgan fingerprint density at radius 2 is 1.25 bits per heavy atom. The molecule has 5 aromatic carbocycles. The summed E-state index contributed by atoms with van der Waals surface area (Å²) in [5.41, 5.74) is 5.44. The molecule has 0 aliphatic carbocycles. The largest absolute Gasteiger partial charge is 0.454 e. The standard InChI is InChI=1S/C30H23NO/c1-30(2,3)23-14-8-13-22-25-20-12-7-6-11-19(20)24-21-16-15-17-9-4-5-10-18(17)26(21)31-27(24)29(25)32-28(22)23/h4-16,31H,1-3H3. The van der Waals surface area contributed by atoms with Crippen LogP contribution in [0.5, 0.6) is 0 Å². The minimum absolute atomic E-state index is 0.00104. The molecule has 2 heteroatoms. The number of H-pyrrole nitrogens is 1. The normalized spacial score (nSPS) is 12.8. The molecule has 0 bridgehead atoms. The van der Waals surface area contributed by atoms with Crippen LogP contribution in [-0.2, 0) is 5.41 Å². The molecule has 0 amide bonds. The zero-order chi connectivity index (χ0) is 21.6. The first-order chi connectivity index (χ1) is 15.5. The number of benzene rings is 5. The quantitative estimate of drug-likeness (QED) is 0.264. The van der Waals surface area contributed by atoms with E-state index in [-0.39, 0.29) is 5.41 Å². The first kappa shape index (κ1) is 17.9. The van der Waals surface area contributed by atoms with Gasteiger partial charge in [-0.25, -0.2) is 0 Å². The highest BCUT2D eigenvalue weighted by atomic mass is 16.3. The summed E-state index contributed by atoms with van der Waals surface area (Å²) in [4.78, 5) is 3.78. The van der Waals surface area contributed by atoms with Crippen LogP contribution < -0.4 is 0 Å². The van der Waals surface area contributed by atoms with Gasteiger partial charge in [0.05, 0.1) is 11.0 Å². The van der Waals surface area contributed by atoms with Gasteiger partial charge in [-0.3, -0.25) is 0 Å². The van der Waals surface area contributed by atoms with Gasteiger partial charge in [-0.1, -0.05) is 99.6 Å². The number of fused-ring (bicyclic) bond motifs is 12. The van der Waals surface area contributed by atoms with Crippen molar-refractivity contribution in [3.05, 3.63) is 84.4 Å². The summed E-state index contributed by atoms with van der Waals surface area (Å²) in [5, 5.41) is 9.86. The van der Waals surface area contributed by atoms with Crippen LogP contribution in [-0.4, -0.2) is 4.98 Å². The molecule has 0 fully saturated rings. The number of hydrogen-bond acceptors (Lipinski definition) is 1. The van der Waals surface area contributed by atoms with E-state index in [2.05, 4.69) is 105 Å². The number of aromatic nitrogens is 1. The van der Waals surface area contributed by atoms with Gasteiger partial charge in [-0.05, 0) is 21.6 Å². The fourth-order valence-electron chi connectivity index (χ4n) is 5.46. The maximum Gasteiger partial charge on any atom is 0.160 e. The first-order valence-corrected chi connectivity index (χ1v) is 11.2. The molecule has 32 heavy (non-hydrogen) atoms. The molecule has 2 heterocycles. The number of para-hydroxylation sites is 1. The maximum atomic E-state index is 6.74. The van der Waals surface area contributed by atoms with E-state index in [1.165, 1.54) is 54.2 Å². The summed E-state index contributed by atoms with van der Waals surface area (Å²) in [6, 6.07) is 28.3. The van der Waals surface area contributed by atoms with Crippen molar-refractivity contribution >= 4 is 65.3 Å². The SMILES string of the molecule is CC(C)(C)c1cccc2c1oc1c3[nH]c4c5ccccc5ccc4c3c3ccccc3c21. The monoisotopic (exact) mass is 413 g/mol. The Labute approximate surface area is 185 Å². The van der Waals surface area contributed by atoms with Crippen molar-refractivity contribution in [2.45, 2.75) is 26.2 Å². The lowest BCUT2D eigenvalue weighted by molar-refractivity contribution is 0.573. The third kappa shape index (κ3) is 2.19. The van der Waals surface area contributed by atoms with Gasteiger partial charge in [0.15, 0.2) is 5.58 Å². The predicted octanol–water partition coefficient (Wildman–Crippen LogP) is 8.82. The van der Waals surface area contributed by atoms with E-state index < -0.39 is 0 Å². The average molecular weight is 414 g/mol. The third-order valence-corrected chi connectivity index (χ3v) is 6.91. The molecule has 154 valence electrons. The van der Waals surface area contributed by atoms with Crippen molar-refractivity contribution in [2.75, 3.05) is 0 Å². The lowest BCUT2D eigenvalue weighted by Gasteiger charge is -2.18. The Kier molecular flexibility index (Phi) is 3.30. The molecule has 0 aliphatic heterocycles. The third-order valence-electron chi connectivity index (χ3n) is 6.91. The first-order valence-electron chi connectivity index (χ1n) is 11.2. The van der Waals surface area contributed by atoms with Crippen molar-refractivity contribution in [3.8, 4) is 0 Å². The fraction of sp³-hybridized carbons (Fsp3) is 0.133. The van der Waals surface area contributed by atoms with Crippen LogP contribution in [0.2, 0.25) is 0 Å². The van der Waals surface area contributed by atoms with Crippen molar-refractivity contribution in [2.24, 2.45) is 0 Å². The molecule has 0 spiro atoms. The second-order valence-electron chi connectivity index (χ2n) is 9.87. The second-order valence-corrected chi connectivity index (χ2v) is 9.87. The highest BCUT2D eigenvalue weighted by Gasteiger charge is 2.24. The number of furan rings is 1. The van der Waals surface area contributed by atoms with Gasteiger partial charge in [-0.15, -0.1) is 0 Å². The number of aromatic amines is 1. The molecule has 2 nitrogen and oxygen atoms in total. The van der Waals surface area contributed by atoms with Gasteiger partial charge < -0.3 is 9.40 Å². The van der Waals surface area contributed by atoms with E-state index in [0.717, 1.165) is 16.7 Å². The molecule has 7 rings (SSSR count). The number of rotatable bonds is 0. The molecule has 2 aromatic heterocycles. The highest BCUT2D eigenvalue weighted by Crippen LogP contribution is 2.45. The van der Waals surface area contributed by atoms with Gasteiger partial charge in [0.1, 0.15) is 5.58 Å². The summed E-state index contributed by atoms with van der Waals surface area (Å²) in [6.07, 6.45) is 0. The second kappa shape index (κ2) is 5.92. The molecule has 7 aromatic rings. The van der Waals surface area contributed by atoms with Gasteiger partial charge >= 0.3 is 0 Å². The molecule has 0 saturated carbocycles. The molecule has 0 saturated heterocycles. The van der Waals surface area contributed by atoms with Crippen LogP contribution >= 0.6 is 0 Å². The number of nitrogens with one attached hydrogen (secondary N) is 1. The van der Waals surface area contributed by atoms with Gasteiger partial charge in [0.2, 0.25) is 0 Å². The number of hydrogen-bond donors (Lipinski definition) is 1. The van der Waals surface area contributed by atoms with Crippen LogP contribution in [0.25, 0.3) is 65.3 Å².